The molecule has 4 nitrogen and oxygen atoms in total. The number of hydrogen-bond donors (Lipinski definition) is 1. The Balaban J connectivity index is 0. The second-order valence-corrected chi connectivity index (χ2v) is 10.3. The van der Waals surface area contributed by atoms with Crippen molar-refractivity contribution in [1.29, 1.82) is 0 Å². The van der Waals surface area contributed by atoms with Crippen molar-refractivity contribution in [3.8, 4) is 0 Å². The number of hydrogen-bond acceptors (Lipinski definition) is 4. The van der Waals surface area contributed by atoms with Crippen molar-refractivity contribution < 1.29 is 47.6 Å². The van der Waals surface area contributed by atoms with E-state index in [1.165, 1.54) is 64.2 Å². The van der Waals surface area contributed by atoms with Crippen LogP contribution in [0.4, 0.5) is 0 Å². The van der Waals surface area contributed by atoms with Gasteiger partial charge in [-0.1, -0.05) is 110 Å². The van der Waals surface area contributed by atoms with E-state index in [1.54, 1.807) is 6.92 Å². The molecule has 0 amide bonds. The molecule has 170 valence electrons. The minimum Gasteiger partial charge on any atom is -0.748 e. The SMILES string of the molecule is CCCCCCCCCCCCCCCC(CCCCCC(C)O)S(=O)(=O)[O-].[Na+]. The molecule has 0 bridgehead atoms. The molecule has 0 aliphatic heterocycles. The Labute approximate surface area is 204 Å². The van der Waals surface area contributed by atoms with Crippen LogP contribution in [0.25, 0.3) is 0 Å². The molecule has 6 heteroatoms. The Bertz CT molecular complexity index is 427. The van der Waals surface area contributed by atoms with Crippen LogP contribution in [0, 0.1) is 0 Å². The fraction of sp³-hybridized carbons (Fsp3) is 1.00. The summed E-state index contributed by atoms with van der Waals surface area (Å²) in [5.74, 6) is 0. The van der Waals surface area contributed by atoms with Gasteiger partial charge < -0.3 is 9.66 Å². The van der Waals surface area contributed by atoms with Gasteiger partial charge in [-0.2, -0.15) is 0 Å². The Morgan fingerprint density at radius 3 is 1.31 bits per heavy atom. The van der Waals surface area contributed by atoms with Gasteiger partial charge >= 0.3 is 29.6 Å². The maximum Gasteiger partial charge on any atom is 1.00 e. The van der Waals surface area contributed by atoms with Crippen LogP contribution in [0.2, 0.25) is 0 Å². The van der Waals surface area contributed by atoms with Gasteiger partial charge in [0.2, 0.25) is 0 Å². The largest absolute Gasteiger partial charge is 1.00 e. The number of rotatable bonds is 21. The van der Waals surface area contributed by atoms with Crippen molar-refractivity contribution in [2.75, 3.05) is 0 Å². The molecule has 0 aromatic rings. The molecular weight excluding hydrogens is 395 g/mol. The minimum absolute atomic E-state index is 0. The zero-order chi connectivity index (χ0) is 21.1. The van der Waals surface area contributed by atoms with Crippen LogP contribution in [-0.4, -0.2) is 29.4 Å². The van der Waals surface area contributed by atoms with E-state index >= 15 is 0 Å². The van der Waals surface area contributed by atoms with Crippen molar-refractivity contribution in [2.24, 2.45) is 0 Å². The van der Waals surface area contributed by atoms with E-state index in [0.29, 0.717) is 12.8 Å². The third-order valence-electron chi connectivity index (χ3n) is 5.69. The van der Waals surface area contributed by atoms with Crippen LogP contribution in [-0.2, 0) is 10.1 Å². The molecule has 0 saturated carbocycles. The molecule has 0 aliphatic rings. The van der Waals surface area contributed by atoms with E-state index in [-0.39, 0.29) is 35.7 Å². The van der Waals surface area contributed by atoms with Crippen molar-refractivity contribution >= 4 is 10.1 Å². The summed E-state index contributed by atoms with van der Waals surface area (Å²) in [5.41, 5.74) is 0. The van der Waals surface area contributed by atoms with Gasteiger partial charge in [0.15, 0.2) is 0 Å². The van der Waals surface area contributed by atoms with Crippen LogP contribution in [0.5, 0.6) is 0 Å². The smallest absolute Gasteiger partial charge is 0.748 e. The Morgan fingerprint density at radius 1 is 0.655 bits per heavy atom. The van der Waals surface area contributed by atoms with E-state index < -0.39 is 15.4 Å². The molecule has 0 aliphatic carbocycles. The van der Waals surface area contributed by atoms with E-state index in [4.69, 9.17) is 0 Å². The Kier molecular flexibility index (Phi) is 24.4. The van der Waals surface area contributed by atoms with E-state index in [2.05, 4.69) is 6.92 Å². The van der Waals surface area contributed by atoms with Gasteiger partial charge in [-0.05, 0) is 26.2 Å². The van der Waals surface area contributed by atoms with Gasteiger partial charge in [0.1, 0.15) is 0 Å². The van der Waals surface area contributed by atoms with Crippen molar-refractivity contribution in [2.45, 2.75) is 147 Å². The topological polar surface area (TPSA) is 77.4 Å². The molecule has 0 aromatic carbocycles. The molecule has 0 fully saturated rings. The molecule has 0 heterocycles. The predicted octanol–water partition coefficient (Wildman–Crippen LogP) is 3.72. The van der Waals surface area contributed by atoms with E-state index in [0.717, 1.165) is 44.9 Å². The molecule has 2 unspecified atom stereocenters. The fourth-order valence-electron chi connectivity index (χ4n) is 3.81. The Hall–Kier alpha value is 0.870. The average molecular weight is 443 g/mol. The molecule has 0 aromatic heterocycles. The second kappa shape index (κ2) is 22.1. The van der Waals surface area contributed by atoms with Crippen LogP contribution >= 0.6 is 0 Å². The third kappa shape index (κ3) is 23.4. The molecule has 29 heavy (non-hydrogen) atoms. The summed E-state index contributed by atoms with van der Waals surface area (Å²) in [6.45, 7) is 4.01. The standard InChI is InChI=1S/C23H48O4S.Na/c1-3-4-5-6-7-8-9-10-11-12-13-14-17-20-23(28(25,26)27)21-18-15-16-19-22(2)24;/h22-24H,3-21H2,1-2H3,(H,25,26,27);/q;+1/p-1. The van der Waals surface area contributed by atoms with Gasteiger partial charge in [-0.25, -0.2) is 8.42 Å². The first-order chi connectivity index (χ1) is 13.4. The minimum atomic E-state index is -4.18. The van der Waals surface area contributed by atoms with Crippen LogP contribution in [0.3, 0.4) is 0 Å². The van der Waals surface area contributed by atoms with Gasteiger partial charge in [-0.3, -0.25) is 0 Å². The van der Waals surface area contributed by atoms with Crippen molar-refractivity contribution in [3.63, 3.8) is 0 Å². The van der Waals surface area contributed by atoms with Crippen molar-refractivity contribution in [3.05, 3.63) is 0 Å². The summed E-state index contributed by atoms with van der Waals surface area (Å²) >= 11 is 0. The summed E-state index contributed by atoms with van der Waals surface area (Å²) in [5, 5.41) is 8.52. The number of aliphatic hydroxyl groups excluding tert-OH is 1. The molecule has 0 saturated heterocycles. The summed E-state index contributed by atoms with van der Waals surface area (Å²) < 4.78 is 34.4. The molecular formula is C23H47NaO4S. The van der Waals surface area contributed by atoms with Crippen LogP contribution in [0.1, 0.15) is 136 Å². The average Bonchev–Trinajstić information content (AvgIpc) is 2.62. The predicted molar refractivity (Wildman–Crippen MR) is 119 cm³/mol. The first kappa shape index (κ1) is 32.1. The summed E-state index contributed by atoms with van der Waals surface area (Å²) in [4.78, 5) is 0. The first-order valence-corrected chi connectivity index (χ1v) is 13.5. The normalized spacial score (nSPS) is 13.8. The maximum atomic E-state index is 11.5. The molecule has 0 radical (unpaired) electrons. The van der Waals surface area contributed by atoms with Crippen molar-refractivity contribution in [1.82, 2.24) is 0 Å². The molecule has 2 atom stereocenters. The van der Waals surface area contributed by atoms with Gasteiger partial charge in [-0.15, -0.1) is 0 Å². The summed E-state index contributed by atoms with van der Waals surface area (Å²) in [6.07, 6.45) is 20.4. The first-order valence-electron chi connectivity index (χ1n) is 12.0. The van der Waals surface area contributed by atoms with Crippen LogP contribution in [0.15, 0.2) is 0 Å². The number of aliphatic hydroxyl groups is 1. The molecule has 0 spiro atoms. The van der Waals surface area contributed by atoms with E-state index in [1.807, 2.05) is 0 Å². The van der Waals surface area contributed by atoms with Gasteiger partial charge in [0.25, 0.3) is 0 Å². The zero-order valence-electron chi connectivity index (χ0n) is 19.7. The fourth-order valence-corrected chi connectivity index (χ4v) is 4.72. The quantitative estimate of drug-likeness (QED) is 0.167. The Morgan fingerprint density at radius 2 is 0.966 bits per heavy atom. The summed E-state index contributed by atoms with van der Waals surface area (Å²) in [7, 11) is -4.18. The summed E-state index contributed by atoms with van der Waals surface area (Å²) in [6, 6.07) is 0. The molecule has 1 N–H and O–H groups in total. The molecule has 0 rings (SSSR count). The third-order valence-corrected chi connectivity index (χ3v) is 6.97. The van der Waals surface area contributed by atoms with Gasteiger partial charge in [0, 0.05) is 5.25 Å². The maximum absolute atomic E-state index is 11.5. The number of unbranched alkanes of at least 4 members (excludes halogenated alkanes) is 14. The van der Waals surface area contributed by atoms with Gasteiger partial charge in [0.05, 0.1) is 16.2 Å². The second-order valence-electron chi connectivity index (χ2n) is 8.63. The monoisotopic (exact) mass is 442 g/mol. The zero-order valence-corrected chi connectivity index (χ0v) is 22.5. The van der Waals surface area contributed by atoms with Crippen LogP contribution < -0.4 is 29.6 Å². The van der Waals surface area contributed by atoms with E-state index in [9.17, 15) is 18.1 Å².